The van der Waals surface area contributed by atoms with Crippen LogP contribution in [0.1, 0.15) is 44.7 Å². The summed E-state index contributed by atoms with van der Waals surface area (Å²) in [5.41, 5.74) is 5.90. The molecule has 7 rings (SSSR count). The van der Waals surface area contributed by atoms with Crippen molar-refractivity contribution in [3.63, 3.8) is 0 Å². The Balaban J connectivity index is 1.24. The molecule has 2 atom stereocenters. The minimum Gasteiger partial charge on any atom is -0.348 e. The lowest BCUT2D eigenvalue weighted by Gasteiger charge is -2.34. The van der Waals surface area contributed by atoms with Gasteiger partial charge in [0.15, 0.2) is 19.7 Å². The summed E-state index contributed by atoms with van der Waals surface area (Å²) in [6.45, 7) is 0. The van der Waals surface area contributed by atoms with Gasteiger partial charge in [0.25, 0.3) is 0 Å². The molecular formula is C41H36N2O6S4. The lowest BCUT2D eigenvalue weighted by Crippen LogP contribution is -2.48. The van der Waals surface area contributed by atoms with Crippen LogP contribution in [-0.2, 0) is 36.0 Å². The van der Waals surface area contributed by atoms with E-state index in [4.69, 9.17) is 4.84 Å². The maximum absolute atomic E-state index is 14.1. The van der Waals surface area contributed by atoms with Crippen LogP contribution in [0, 0.1) is 0 Å². The number of carbonyl (C=O) groups is 1. The molecule has 5 aromatic carbocycles. The highest BCUT2D eigenvalue weighted by Crippen LogP contribution is 2.29. The fourth-order valence-electron chi connectivity index (χ4n) is 6.25. The first-order valence-corrected chi connectivity index (χ1v) is 22.3. The number of fused-ring (bicyclic) bond motifs is 2. The molecule has 53 heavy (non-hydrogen) atoms. The standard InChI is InChI=1S/C41H36N2O6S4/c44-41(34-14-8-3-9-15-34)49-43(38(33-12-6-2-7-13-33)29-53(47,48)27-31-17-19-40-36(25-31)21-23-51-40)42-37(32-10-4-1-5-11-32)28-52(45,46)26-30-16-18-39-35(24-30)20-22-50-39/h1-25,37-38,42H,26-29H2. The van der Waals surface area contributed by atoms with Crippen molar-refractivity contribution in [2.75, 3.05) is 11.5 Å². The Morgan fingerprint density at radius 2 is 1.09 bits per heavy atom. The van der Waals surface area contributed by atoms with Crippen molar-refractivity contribution >= 4 is 68.5 Å². The topological polar surface area (TPSA) is 110 Å². The SMILES string of the molecule is O=C(ON(NC(CS(=O)(=O)Cc1ccc2sccc2c1)c1ccccc1)C(CS(=O)(=O)Cc1ccc2sccc2c1)c1ccccc1)c1ccccc1. The van der Waals surface area contributed by atoms with Crippen LogP contribution in [0.2, 0.25) is 0 Å². The van der Waals surface area contributed by atoms with Gasteiger partial charge in [-0.3, -0.25) is 0 Å². The summed E-state index contributed by atoms with van der Waals surface area (Å²) in [6.07, 6.45) is 0. The molecule has 0 bridgehead atoms. The molecule has 270 valence electrons. The number of hydrogen-bond donors (Lipinski definition) is 1. The van der Waals surface area contributed by atoms with Gasteiger partial charge in [-0.25, -0.2) is 27.1 Å². The molecule has 2 heterocycles. The summed E-state index contributed by atoms with van der Waals surface area (Å²) in [6, 6.07) is 39.4. The maximum Gasteiger partial charge on any atom is 0.358 e. The molecular weight excluding hydrogens is 745 g/mol. The van der Waals surface area contributed by atoms with Gasteiger partial charge in [-0.2, -0.15) is 0 Å². The van der Waals surface area contributed by atoms with E-state index in [0.717, 1.165) is 25.3 Å². The Morgan fingerprint density at radius 3 is 1.64 bits per heavy atom. The fourth-order valence-corrected chi connectivity index (χ4v) is 11.0. The van der Waals surface area contributed by atoms with Gasteiger partial charge in [-0.15, -0.1) is 22.7 Å². The lowest BCUT2D eigenvalue weighted by atomic mass is 10.1. The molecule has 0 spiro atoms. The van der Waals surface area contributed by atoms with E-state index in [-0.39, 0.29) is 22.8 Å². The Morgan fingerprint density at radius 1 is 0.604 bits per heavy atom. The average Bonchev–Trinajstić information content (AvgIpc) is 3.83. The van der Waals surface area contributed by atoms with Crippen LogP contribution in [0.25, 0.3) is 20.2 Å². The summed E-state index contributed by atoms with van der Waals surface area (Å²) < 4.78 is 58.3. The average molecular weight is 781 g/mol. The number of sulfone groups is 2. The van der Waals surface area contributed by atoms with E-state index in [1.165, 1.54) is 0 Å². The third-order valence-electron chi connectivity index (χ3n) is 8.78. The molecule has 2 aromatic heterocycles. The van der Waals surface area contributed by atoms with Crippen LogP contribution in [-0.4, -0.2) is 39.5 Å². The van der Waals surface area contributed by atoms with Gasteiger partial charge in [0, 0.05) is 9.40 Å². The van der Waals surface area contributed by atoms with Crippen LogP contribution < -0.4 is 5.43 Å². The summed E-state index contributed by atoms with van der Waals surface area (Å²) in [5, 5.41) is 7.00. The lowest BCUT2D eigenvalue weighted by molar-refractivity contribution is -0.179. The molecule has 0 saturated heterocycles. The molecule has 7 aromatic rings. The predicted molar refractivity (Wildman–Crippen MR) is 214 cm³/mol. The summed E-state index contributed by atoms with van der Waals surface area (Å²) in [4.78, 5) is 19.8. The predicted octanol–water partition coefficient (Wildman–Crippen LogP) is 8.71. The molecule has 0 fully saturated rings. The number of carbonyl (C=O) groups excluding carboxylic acids is 1. The first-order valence-electron chi connectivity index (χ1n) is 16.9. The van der Waals surface area contributed by atoms with Gasteiger partial charge in [0.05, 0.1) is 34.6 Å². The number of hydrogen-bond acceptors (Lipinski definition) is 10. The highest BCUT2D eigenvalue weighted by molar-refractivity contribution is 7.90. The molecule has 12 heteroatoms. The summed E-state index contributed by atoms with van der Waals surface area (Å²) in [5.74, 6) is -2.00. The van der Waals surface area contributed by atoms with Gasteiger partial charge < -0.3 is 4.84 Å². The van der Waals surface area contributed by atoms with E-state index in [1.54, 1.807) is 102 Å². The quantitative estimate of drug-likeness (QED) is 0.103. The third-order valence-corrected chi connectivity index (χ3v) is 13.8. The molecule has 1 N–H and O–H groups in total. The van der Waals surface area contributed by atoms with Crippen LogP contribution in [0.5, 0.6) is 0 Å². The van der Waals surface area contributed by atoms with Gasteiger partial charge in [-0.05, 0) is 92.3 Å². The number of hydrazine groups is 1. The Labute approximate surface area is 317 Å². The minimum absolute atomic E-state index is 0.210. The van der Waals surface area contributed by atoms with E-state index in [9.17, 15) is 21.6 Å². The molecule has 0 aliphatic rings. The zero-order valence-corrected chi connectivity index (χ0v) is 31.7. The number of nitrogens with one attached hydrogen (secondary N) is 1. The summed E-state index contributed by atoms with van der Waals surface area (Å²) >= 11 is 3.17. The van der Waals surface area contributed by atoms with Gasteiger partial charge in [-0.1, -0.05) is 96.2 Å². The van der Waals surface area contributed by atoms with Gasteiger partial charge >= 0.3 is 5.97 Å². The molecule has 0 aliphatic heterocycles. The maximum atomic E-state index is 14.1. The van der Waals surface area contributed by atoms with Crippen LogP contribution in [0.3, 0.4) is 0 Å². The van der Waals surface area contributed by atoms with Crippen molar-refractivity contribution in [1.82, 2.24) is 10.6 Å². The molecule has 0 aliphatic carbocycles. The van der Waals surface area contributed by atoms with Gasteiger partial charge in [0.2, 0.25) is 0 Å². The highest BCUT2D eigenvalue weighted by atomic mass is 32.2. The summed E-state index contributed by atoms with van der Waals surface area (Å²) in [7, 11) is -7.64. The number of nitrogens with zero attached hydrogens (tertiary/aromatic N) is 1. The zero-order chi connectivity index (χ0) is 36.8. The van der Waals surface area contributed by atoms with Crippen molar-refractivity contribution < 1.29 is 26.5 Å². The Kier molecular flexibility index (Phi) is 11.2. The third kappa shape index (κ3) is 9.46. The zero-order valence-electron chi connectivity index (χ0n) is 28.4. The Bertz CT molecular complexity index is 2540. The second kappa shape index (κ2) is 16.1. The largest absolute Gasteiger partial charge is 0.358 e. The Hall–Kier alpha value is -4.69. The smallest absolute Gasteiger partial charge is 0.348 e. The first-order chi connectivity index (χ1) is 25.6. The van der Waals surface area contributed by atoms with Gasteiger partial charge in [0.1, 0.15) is 6.04 Å². The van der Waals surface area contributed by atoms with Crippen molar-refractivity contribution in [2.45, 2.75) is 23.6 Å². The normalized spacial score (nSPS) is 13.3. The monoisotopic (exact) mass is 780 g/mol. The molecule has 0 radical (unpaired) electrons. The van der Waals surface area contributed by atoms with Crippen LogP contribution in [0.15, 0.2) is 150 Å². The second-order valence-electron chi connectivity index (χ2n) is 12.8. The highest BCUT2D eigenvalue weighted by Gasteiger charge is 2.34. The van der Waals surface area contributed by atoms with E-state index >= 15 is 0 Å². The van der Waals surface area contributed by atoms with Crippen molar-refractivity contribution in [1.29, 1.82) is 0 Å². The second-order valence-corrected chi connectivity index (χ2v) is 18.9. The molecule has 0 amide bonds. The molecule has 0 saturated carbocycles. The van der Waals surface area contributed by atoms with E-state index in [1.807, 2.05) is 71.4 Å². The number of rotatable bonds is 15. The number of hydroxylamine groups is 1. The van der Waals surface area contributed by atoms with Crippen molar-refractivity contribution in [3.05, 3.63) is 178 Å². The van der Waals surface area contributed by atoms with E-state index in [2.05, 4.69) is 5.43 Å². The van der Waals surface area contributed by atoms with Crippen LogP contribution >= 0.6 is 22.7 Å². The first kappa shape index (κ1) is 36.7. The molecule has 2 unspecified atom stereocenters. The fraction of sp³-hybridized carbons (Fsp3) is 0.146. The van der Waals surface area contributed by atoms with Crippen molar-refractivity contribution in [2.24, 2.45) is 0 Å². The minimum atomic E-state index is -3.86. The molecule has 8 nitrogen and oxygen atoms in total. The van der Waals surface area contributed by atoms with E-state index in [0.29, 0.717) is 22.3 Å². The number of thiophene rings is 2. The van der Waals surface area contributed by atoms with Crippen molar-refractivity contribution in [3.8, 4) is 0 Å². The van der Waals surface area contributed by atoms with E-state index < -0.39 is 43.5 Å². The number of benzene rings is 5. The van der Waals surface area contributed by atoms with Crippen LogP contribution in [0.4, 0.5) is 0 Å².